The molecule has 2 nitrogen and oxygen atoms in total. The van der Waals surface area contributed by atoms with Gasteiger partial charge in [0.1, 0.15) is 0 Å². The van der Waals surface area contributed by atoms with Gasteiger partial charge >= 0.3 is 0 Å². The topological polar surface area (TPSA) is 20.3 Å². The van der Waals surface area contributed by atoms with Crippen molar-refractivity contribution >= 4 is 5.91 Å². The Labute approximate surface area is 87.7 Å². The van der Waals surface area contributed by atoms with Gasteiger partial charge in [0, 0.05) is 19.5 Å². The number of nitrogens with zero attached hydrogens (tertiary/aromatic N) is 1. The van der Waals surface area contributed by atoms with Crippen molar-refractivity contribution in [1.29, 1.82) is 0 Å². The molecule has 0 atom stereocenters. The van der Waals surface area contributed by atoms with Crippen LogP contribution in [-0.2, 0) is 4.79 Å². The lowest BCUT2D eigenvalue weighted by Gasteiger charge is -2.26. The lowest BCUT2D eigenvalue weighted by molar-refractivity contribution is -0.135. The van der Waals surface area contributed by atoms with Gasteiger partial charge in [0.15, 0.2) is 0 Å². The van der Waals surface area contributed by atoms with Crippen LogP contribution >= 0.6 is 0 Å². The first kappa shape index (κ1) is 11.5. The normalized spacial score (nSPS) is 18.1. The van der Waals surface area contributed by atoms with E-state index in [2.05, 4.69) is 6.92 Å². The molecule has 0 aromatic heterocycles. The number of carbonyl (C=O) groups is 1. The first-order valence-electron chi connectivity index (χ1n) is 6.00. The van der Waals surface area contributed by atoms with Crippen molar-refractivity contribution in [2.24, 2.45) is 5.92 Å². The Hall–Kier alpha value is -0.530. The summed E-state index contributed by atoms with van der Waals surface area (Å²) in [7, 11) is 1.95. The molecule has 0 aliphatic heterocycles. The molecule has 0 N–H and O–H groups in total. The molecule has 0 saturated heterocycles. The van der Waals surface area contributed by atoms with E-state index in [0.29, 0.717) is 11.8 Å². The zero-order valence-electron chi connectivity index (χ0n) is 9.59. The minimum absolute atomic E-state index is 0.339. The average molecular weight is 197 g/mol. The molecule has 1 saturated carbocycles. The summed E-state index contributed by atoms with van der Waals surface area (Å²) in [6.07, 6.45) is 8.36. The van der Waals surface area contributed by atoms with Gasteiger partial charge in [-0.3, -0.25) is 4.79 Å². The zero-order valence-corrected chi connectivity index (χ0v) is 9.59. The number of carbonyl (C=O) groups excluding carboxylic acids is 1. The van der Waals surface area contributed by atoms with Gasteiger partial charge < -0.3 is 4.90 Å². The van der Waals surface area contributed by atoms with Crippen molar-refractivity contribution < 1.29 is 4.79 Å². The highest BCUT2D eigenvalue weighted by molar-refractivity contribution is 5.78. The molecule has 0 aromatic rings. The second-order valence-corrected chi connectivity index (χ2v) is 4.45. The van der Waals surface area contributed by atoms with Gasteiger partial charge in [-0.2, -0.15) is 0 Å². The van der Waals surface area contributed by atoms with Gasteiger partial charge in [0.2, 0.25) is 5.91 Å². The molecule has 0 spiro atoms. The third-order valence-electron chi connectivity index (χ3n) is 3.18. The van der Waals surface area contributed by atoms with E-state index in [0.717, 1.165) is 25.8 Å². The minimum atomic E-state index is 0.339. The molecule has 2 heteroatoms. The summed E-state index contributed by atoms with van der Waals surface area (Å²) in [6.45, 7) is 3.10. The van der Waals surface area contributed by atoms with Crippen molar-refractivity contribution in [3.05, 3.63) is 0 Å². The Bertz CT molecular complexity index is 173. The van der Waals surface area contributed by atoms with Crippen molar-refractivity contribution in [1.82, 2.24) is 4.90 Å². The quantitative estimate of drug-likeness (QED) is 0.678. The lowest BCUT2D eigenvalue weighted by atomic mass is 9.88. The van der Waals surface area contributed by atoms with Crippen molar-refractivity contribution in [3.8, 4) is 0 Å². The molecule has 82 valence electrons. The number of hydrogen-bond acceptors (Lipinski definition) is 1. The largest absolute Gasteiger partial charge is 0.346 e. The van der Waals surface area contributed by atoms with E-state index in [-0.39, 0.29) is 0 Å². The van der Waals surface area contributed by atoms with Crippen LogP contribution in [-0.4, -0.2) is 24.4 Å². The van der Waals surface area contributed by atoms with Gasteiger partial charge in [-0.25, -0.2) is 0 Å². The Balaban J connectivity index is 2.30. The summed E-state index contributed by atoms with van der Waals surface area (Å²) < 4.78 is 0. The molecule has 1 amide bonds. The van der Waals surface area contributed by atoms with E-state index in [1.807, 2.05) is 11.9 Å². The fourth-order valence-corrected chi connectivity index (χ4v) is 2.17. The van der Waals surface area contributed by atoms with E-state index < -0.39 is 0 Å². The first-order chi connectivity index (χ1) is 6.75. The third-order valence-corrected chi connectivity index (χ3v) is 3.18. The summed E-state index contributed by atoms with van der Waals surface area (Å²) in [5.41, 5.74) is 0. The first-order valence-corrected chi connectivity index (χ1v) is 6.00. The molecule has 0 heterocycles. The lowest BCUT2D eigenvalue weighted by Crippen LogP contribution is -2.34. The summed E-state index contributed by atoms with van der Waals surface area (Å²) in [5.74, 6) is 0.726. The molecule has 0 radical (unpaired) electrons. The summed E-state index contributed by atoms with van der Waals surface area (Å²) in [5, 5.41) is 0. The molecular weight excluding hydrogens is 174 g/mol. The van der Waals surface area contributed by atoms with E-state index in [1.54, 1.807) is 0 Å². The number of amides is 1. The highest BCUT2D eigenvalue weighted by Gasteiger charge is 2.23. The van der Waals surface area contributed by atoms with Crippen LogP contribution in [0, 0.1) is 5.92 Å². The van der Waals surface area contributed by atoms with Gasteiger partial charge in [-0.05, 0) is 19.3 Å². The standard InChI is InChI=1S/C12H23NO/c1-3-4-10-13(2)12(14)11-8-6-5-7-9-11/h11H,3-10H2,1-2H3. The average Bonchev–Trinajstić information content (AvgIpc) is 2.26. The fraction of sp³-hybridized carbons (Fsp3) is 0.917. The summed E-state index contributed by atoms with van der Waals surface area (Å²) >= 11 is 0. The molecular formula is C12H23NO. The zero-order chi connectivity index (χ0) is 10.4. The maximum atomic E-state index is 11.9. The van der Waals surface area contributed by atoms with Crippen molar-refractivity contribution in [3.63, 3.8) is 0 Å². The monoisotopic (exact) mass is 197 g/mol. The Morgan fingerprint density at radius 2 is 1.93 bits per heavy atom. The van der Waals surface area contributed by atoms with E-state index >= 15 is 0 Å². The number of rotatable bonds is 4. The van der Waals surface area contributed by atoms with Crippen LogP contribution in [0.2, 0.25) is 0 Å². The fourth-order valence-electron chi connectivity index (χ4n) is 2.17. The molecule has 1 aliphatic rings. The smallest absolute Gasteiger partial charge is 0.225 e. The van der Waals surface area contributed by atoms with Crippen LogP contribution < -0.4 is 0 Å². The number of hydrogen-bond donors (Lipinski definition) is 0. The maximum absolute atomic E-state index is 11.9. The highest BCUT2D eigenvalue weighted by Crippen LogP contribution is 2.25. The van der Waals surface area contributed by atoms with Gasteiger partial charge in [-0.15, -0.1) is 0 Å². The van der Waals surface area contributed by atoms with Gasteiger partial charge in [0.05, 0.1) is 0 Å². The van der Waals surface area contributed by atoms with Crippen LogP contribution in [0.3, 0.4) is 0 Å². The van der Waals surface area contributed by atoms with Crippen LogP contribution in [0.25, 0.3) is 0 Å². The second-order valence-electron chi connectivity index (χ2n) is 4.45. The third kappa shape index (κ3) is 3.32. The Kier molecular flexibility index (Phi) is 4.99. The van der Waals surface area contributed by atoms with Crippen LogP contribution in [0.4, 0.5) is 0 Å². The molecule has 1 rings (SSSR count). The van der Waals surface area contributed by atoms with Crippen LogP contribution in [0.1, 0.15) is 51.9 Å². The Morgan fingerprint density at radius 3 is 2.50 bits per heavy atom. The van der Waals surface area contributed by atoms with Crippen LogP contribution in [0.15, 0.2) is 0 Å². The SMILES string of the molecule is CCCCN(C)C(=O)C1CCCCC1. The maximum Gasteiger partial charge on any atom is 0.225 e. The molecule has 0 aromatic carbocycles. The predicted molar refractivity (Wildman–Crippen MR) is 59.1 cm³/mol. The van der Waals surface area contributed by atoms with E-state index in [1.165, 1.54) is 25.7 Å². The van der Waals surface area contributed by atoms with E-state index in [4.69, 9.17) is 0 Å². The van der Waals surface area contributed by atoms with E-state index in [9.17, 15) is 4.79 Å². The Morgan fingerprint density at radius 1 is 1.29 bits per heavy atom. The molecule has 0 unspecified atom stereocenters. The molecule has 1 aliphatic carbocycles. The summed E-state index contributed by atoms with van der Waals surface area (Å²) in [6, 6.07) is 0. The van der Waals surface area contributed by atoms with Crippen molar-refractivity contribution in [2.45, 2.75) is 51.9 Å². The number of unbranched alkanes of at least 4 members (excludes halogenated alkanes) is 1. The minimum Gasteiger partial charge on any atom is -0.346 e. The highest BCUT2D eigenvalue weighted by atomic mass is 16.2. The van der Waals surface area contributed by atoms with Crippen molar-refractivity contribution in [2.75, 3.05) is 13.6 Å². The second kappa shape index (κ2) is 6.05. The van der Waals surface area contributed by atoms with Crippen LogP contribution in [0.5, 0.6) is 0 Å². The summed E-state index contributed by atoms with van der Waals surface area (Å²) in [4.78, 5) is 13.9. The van der Waals surface area contributed by atoms with Gasteiger partial charge in [0.25, 0.3) is 0 Å². The predicted octanol–water partition coefficient (Wildman–Crippen LogP) is 2.83. The molecule has 0 bridgehead atoms. The molecule has 1 fully saturated rings. The van der Waals surface area contributed by atoms with Gasteiger partial charge in [-0.1, -0.05) is 32.6 Å². The molecule has 14 heavy (non-hydrogen) atoms.